The van der Waals surface area contributed by atoms with E-state index in [0.717, 1.165) is 11.1 Å². The van der Waals surface area contributed by atoms with E-state index in [9.17, 15) is 0 Å². The highest BCUT2D eigenvalue weighted by Crippen LogP contribution is 2.30. The second-order valence-electron chi connectivity index (χ2n) is 5.16. The van der Waals surface area contributed by atoms with E-state index in [1.165, 1.54) is 22.3 Å². The molecular formula is C22H18. The lowest BCUT2D eigenvalue weighted by Gasteiger charge is -2.10. The van der Waals surface area contributed by atoms with Gasteiger partial charge in [-0.15, -0.1) is 0 Å². The first-order valence-corrected chi connectivity index (χ1v) is 7.37. The fourth-order valence-corrected chi connectivity index (χ4v) is 2.73. The Balaban J connectivity index is 2.14. The standard InChI is InChI=1S/C22H18/c1-3-17-10-5-7-14-21(17)19-12-9-13-20(16-19)22-15-8-6-11-18(22)4-2/h3-16H,1-2H2. The maximum Gasteiger partial charge on any atom is -0.0111 e. The van der Waals surface area contributed by atoms with Crippen LogP contribution in [0.15, 0.2) is 86.0 Å². The molecule has 0 atom stereocenters. The second-order valence-corrected chi connectivity index (χ2v) is 5.16. The van der Waals surface area contributed by atoms with Crippen LogP contribution in [0.2, 0.25) is 0 Å². The first-order valence-electron chi connectivity index (χ1n) is 7.37. The van der Waals surface area contributed by atoms with Gasteiger partial charge in [-0.05, 0) is 39.4 Å². The summed E-state index contributed by atoms with van der Waals surface area (Å²) in [6.45, 7) is 7.82. The first-order chi connectivity index (χ1) is 10.8. The van der Waals surface area contributed by atoms with E-state index in [4.69, 9.17) is 0 Å². The second kappa shape index (κ2) is 6.28. The molecule has 0 radical (unpaired) electrons. The van der Waals surface area contributed by atoms with Crippen LogP contribution in [0, 0.1) is 0 Å². The Morgan fingerprint density at radius 1 is 0.545 bits per heavy atom. The van der Waals surface area contributed by atoms with E-state index in [2.05, 4.69) is 73.8 Å². The zero-order valence-corrected chi connectivity index (χ0v) is 12.5. The lowest BCUT2D eigenvalue weighted by molar-refractivity contribution is 1.56. The van der Waals surface area contributed by atoms with Gasteiger partial charge in [-0.2, -0.15) is 0 Å². The predicted octanol–water partition coefficient (Wildman–Crippen LogP) is 6.31. The normalized spacial score (nSPS) is 10.2. The van der Waals surface area contributed by atoms with Crippen molar-refractivity contribution in [3.05, 3.63) is 97.1 Å². The van der Waals surface area contributed by atoms with Crippen LogP contribution in [-0.2, 0) is 0 Å². The monoisotopic (exact) mass is 282 g/mol. The van der Waals surface area contributed by atoms with E-state index < -0.39 is 0 Å². The third kappa shape index (κ3) is 2.64. The van der Waals surface area contributed by atoms with Crippen LogP contribution in [0.1, 0.15) is 11.1 Å². The van der Waals surface area contributed by atoms with E-state index in [1.54, 1.807) is 0 Å². The Morgan fingerprint density at radius 3 is 1.45 bits per heavy atom. The van der Waals surface area contributed by atoms with Crippen LogP contribution >= 0.6 is 0 Å². The molecular weight excluding hydrogens is 264 g/mol. The van der Waals surface area contributed by atoms with Gasteiger partial charge < -0.3 is 0 Å². The van der Waals surface area contributed by atoms with Gasteiger partial charge >= 0.3 is 0 Å². The quantitative estimate of drug-likeness (QED) is 0.526. The van der Waals surface area contributed by atoms with Crippen molar-refractivity contribution in [2.75, 3.05) is 0 Å². The Kier molecular flexibility index (Phi) is 4.02. The fraction of sp³-hybridized carbons (Fsp3) is 0. The maximum atomic E-state index is 3.91. The van der Waals surface area contributed by atoms with Crippen LogP contribution in [0.5, 0.6) is 0 Å². The Bertz CT molecular complexity index is 758. The van der Waals surface area contributed by atoms with Gasteiger partial charge in [0.25, 0.3) is 0 Å². The molecule has 0 aliphatic rings. The highest BCUT2D eigenvalue weighted by Gasteiger charge is 2.06. The molecule has 0 amide bonds. The summed E-state index contributed by atoms with van der Waals surface area (Å²) >= 11 is 0. The molecule has 0 heteroatoms. The summed E-state index contributed by atoms with van der Waals surface area (Å²) < 4.78 is 0. The molecule has 0 fully saturated rings. The summed E-state index contributed by atoms with van der Waals surface area (Å²) in [5.74, 6) is 0. The van der Waals surface area contributed by atoms with E-state index in [-0.39, 0.29) is 0 Å². The highest BCUT2D eigenvalue weighted by atomic mass is 14.1. The molecule has 0 heterocycles. The van der Waals surface area contributed by atoms with Crippen molar-refractivity contribution in [1.82, 2.24) is 0 Å². The highest BCUT2D eigenvalue weighted by molar-refractivity contribution is 5.81. The van der Waals surface area contributed by atoms with Gasteiger partial charge in [0, 0.05) is 0 Å². The molecule has 0 bridgehead atoms. The third-order valence-corrected chi connectivity index (χ3v) is 3.85. The molecule has 0 aliphatic heterocycles. The molecule has 0 saturated heterocycles. The van der Waals surface area contributed by atoms with Crippen molar-refractivity contribution in [1.29, 1.82) is 0 Å². The van der Waals surface area contributed by atoms with Crippen molar-refractivity contribution in [2.24, 2.45) is 0 Å². The predicted molar refractivity (Wildman–Crippen MR) is 97.5 cm³/mol. The Morgan fingerprint density at radius 2 is 1.00 bits per heavy atom. The molecule has 0 nitrogen and oxygen atoms in total. The summed E-state index contributed by atoms with van der Waals surface area (Å²) in [7, 11) is 0. The molecule has 0 aliphatic carbocycles. The average Bonchev–Trinajstić information content (AvgIpc) is 2.61. The largest absolute Gasteiger partial charge is 0.0984 e. The van der Waals surface area contributed by atoms with E-state index in [1.807, 2.05) is 24.3 Å². The average molecular weight is 282 g/mol. The van der Waals surface area contributed by atoms with Crippen molar-refractivity contribution in [3.8, 4) is 22.3 Å². The minimum absolute atomic E-state index is 1.15. The molecule has 22 heavy (non-hydrogen) atoms. The van der Waals surface area contributed by atoms with Crippen molar-refractivity contribution in [2.45, 2.75) is 0 Å². The summed E-state index contributed by atoms with van der Waals surface area (Å²) in [6, 6.07) is 25.3. The van der Waals surface area contributed by atoms with E-state index >= 15 is 0 Å². The van der Waals surface area contributed by atoms with Crippen LogP contribution in [0.25, 0.3) is 34.4 Å². The Hall–Kier alpha value is -2.86. The number of hydrogen-bond donors (Lipinski definition) is 0. The topological polar surface area (TPSA) is 0 Å². The molecule has 0 N–H and O–H groups in total. The lowest BCUT2D eigenvalue weighted by atomic mass is 9.94. The van der Waals surface area contributed by atoms with Crippen molar-refractivity contribution >= 4 is 12.2 Å². The van der Waals surface area contributed by atoms with Gasteiger partial charge in [-0.1, -0.05) is 92.0 Å². The molecule has 3 aromatic rings. The summed E-state index contributed by atoms with van der Waals surface area (Å²) in [5.41, 5.74) is 7.11. The van der Waals surface area contributed by atoms with Gasteiger partial charge in [0.15, 0.2) is 0 Å². The zero-order valence-electron chi connectivity index (χ0n) is 12.5. The van der Waals surface area contributed by atoms with Gasteiger partial charge in [0.05, 0.1) is 0 Å². The fourth-order valence-electron chi connectivity index (χ4n) is 2.73. The van der Waals surface area contributed by atoms with E-state index in [0.29, 0.717) is 0 Å². The minimum Gasteiger partial charge on any atom is -0.0984 e. The summed E-state index contributed by atoms with van der Waals surface area (Å²) in [4.78, 5) is 0. The molecule has 3 rings (SSSR count). The number of benzene rings is 3. The summed E-state index contributed by atoms with van der Waals surface area (Å²) in [6.07, 6.45) is 3.80. The van der Waals surface area contributed by atoms with Gasteiger partial charge in [-0.25, -0.2) is 0 Å². The van der Waals surface area contributed by atoms with Crippen LogP contribution in [0.3, 0.4) is 0 Å². The SMILES string of the molecule is C=Cc1ccccc1-c1cccc(-c2ccccc2C=C)c1. The van der Waals surface area contributed by atoms with Gasteiger partial charge in [0.1, 0.15) is 0 Å². The van der Waals surface area contributed by atoms with Crippen molar-refractivity contribution < 1.29 is 0 Å². The van der Waals surface area contributed by atoms with Crippen molar-refractivity contribution in [3.63, 3.8) is 0 Å². The summed E-state index contributed by atoms with van der Waals surface area (Å²) in [5, 5.41) is 0. The minimum atomic E-state index is 1.15. The first kappa shape index (κ1) is 14.1. The smallest absolute Gasteiger partial charge is 0.0111 e. The molecule has 0 spiro atoms. The molecule has 0 aromatic heterocycles. The third-order valence-electron chi connectivity index (χ3n) is 3.85. The molecule has 0 saturated carbocycles. The molecule has 106 valence electrons. The van der Waals surface area contributed by atoms with Crippen LogP contribution < -0.4 is 0 Å². The maximum absolute atomic E-state index is 3.91. The zero-order chi connectivity index (χ0) is 15.4. The van der Waals surface area contributed by atoms with Gasteiger partial charge in [0.2, 0.25) is 0 Å². The lowest BCUT2D eigenvalue weighted by Crippen LogP contribution is -1.86. The van der Waals surface area contributed by atoms with Crippen LogP contribution in [-0.4, -0.2) is 0 Å². The number of rotatable bonds is 4. The number of hydrogen-bond acceptors (Lipinski definition) is 0. The Labute approximate surface area is 132 Å². The van der Waals surface area contributed by atoms with Gasteiger partial charge in [-0.3, -0.25) is 0 Å². The molecule has 0 unspecified atom stereocenters. The van der Waals surface area contributed by atoms with Crippen LogP contribution in [0.4, 0.5) is 0 Å². The molecule has 3 aromatic carbocycles.